The molecular weight excluding hydrogens is 218 g/mol. The number of aryl methyl sites for hydroxylation is 1. The van der Waals surface area contributed by atoms with Gasteiger partial charge in [0.2, 0.25) is 0 Å². The molecule has 1 aromatic heterocycles. The molecule has 2 aromatic rings. The summed E-state index contributed by atoms with van der Waals surface area (Å²) in [5.74, 6) is 0.553. The van der Waals surface area contributed by atoms with E-state index in [-0.39, 0.29) is 11.4 Å². The van der Waals surface area contributed by atoms with E-state index in [9.17, 15) is 5.11 Å². The highest BCUT2D eigenvalue weighted by Gasteiger charge is 2.04. The standard InChI is InChI=1S/C12H15N3O2/c1-15-8-9(7-14-15)5-6-17-11-4-2-3-10(16)12(11)13/h2-4,7-8,16H,5-6,13H2,1H3. The van der Waals surface area contributed by atoms with E-state index in [1.165, 1.54) is 6.07 Å². The number of phenolic OH excluding ortho intramolecular Hbond substituents is 1. The van der Waals surface area contributed by atoms with Gasteiger partial charge in [-0.1, -0.05) is 6.07 Å². The quantitative estimate of drug-likeness (QED) is 0.617. The molecule has 0 aliphatic carbocycles. The Kier molecular flexibility index (Phi) is 3.18. The van der Waals surface area contributed by atoms with Gasteiger partial charge in [-0.05, 0) is 17.7 Å². The third-order valence-corrected chi connectivity index (χ3v) is 2.45. The Morgan fingerprint density at radius 3 is 3.00 bits per heavy atom. The predicted octanol–water partition coefficient (Wildman–Crippen LogP) is 1.33. The summed E-state index contributed by atoms with van der Waals surface area (Å²) >= 11 is 0. The Hall–Kier alpha value is -2.17. The van der Waals surface area contributed by atoms with Gasteiger partial charge in [0.05, 0.1) is 12.8 Å². The van der Waals surface area contributed by atoms with Crippen LogP contribution in [0.3, 0.4) is 0 Å². The number of rotatable bonds is 4. The van der Waals surface area contributed by atoms with Crippen molar-refractivity contribution in [1.82, 2.24) is 9.78 Å². The van der Waals surface area contributed by atoms with Crippen LogP contribution in [-0.4, -0.2) is 21.5 Å². The molecule has 0 atom stereocenters. The van der Waals surface area contributed by atoms with Crippen LogP contribution in [0.5, 0.6) is 11.5 Å². The topological polar surface area (TPSA) is 73.3 Å². The van der Waals surface area contributed by atoms with Gasteiger partial charge in [-0.25, -0.2) is 0 Å². The average Bonchev–Trinajstić information content (AvgIpc) is 2.70. The molecule has 1 aromatic carbocycles. The van der Waals surface area contributed by atoms with Crippen LogP contribution in [0.4, 0.5) is 5.69 Å². The molecule has 5 nitrogen and oxygen atoms in total. The van der Waals surface area contributed by atoms with Crippen LogP contribution in [0.25, 0.3) is 0 Å². The number of nitrogen functional groups attached to an aromatic ring is 1. The summed E-state index contributed by atoms with van der Waals surface area (Å²) in [6.45, 7) is 0.499. The molecule has 90 valence electrons. The number of aromatic hydroxyl groups is 1. The lowest BCUT2D eigenvalue weighted by atomic mass is 10.2. The lowest BCUT2D eigenvalue weighted by Crippen LogP contribution is -2.03. The van der Waals surface area contributed by atoms with Gasteiger partial charge >= 0.3 is 0 Å². The Balaban J connectivity index is 1.92. The van der Waals surface area contributed by atoms with Crippen molar-refractivity contribution in [2.75, 3.05) is 12.3 Å². The summed E-state index contributed by atoms with van der Waals surface area (Å²) in [7, 11) is 1.87. The summed E-state index contributed by atoms with van der Waals surface area (Å²) in [5, 5.41) is 13.5. The molecule has 17 heavy (non-hydrogen) atoms. The molecule has 0 aliphatic heterocycles. The van der Waals surface area contributed by atoms with E-state index in [4.69, 9.17) is 10.5 Å². The number of nitrogens with two attached hydrogens (primary N) is 1. The van der Waals surface area contributed by atoms with Gasteiger partial charge in [-0.2, -0.15) is 5.10 Å². The third kappa shape index (κ3) is 2.69. The first-order valence-electron chi connectivity index (χ1n) is 5.34. The monoisotopic (exact) mass is 233 g/mol. The normalized spacial score (nSPS) is 10.4. The zero-order valence-corrected chi connectivity index (χ0v) is 9.63. The number of hydrogen-bond donors (Lipinski definition) is 2. The lowest BCUT2D eigenvalue weighted by Gasteiger charge is -2.08. The Morgan fingerprint density at radius 1 is 1.47 bits per heavy atom. The van der Waals surface area contributed by atoms with Gasteiger partial charge in [0.15, 0.2) is 0 Å². The molecule has 0 unspecified atom stereocenters. The Bertz CT molecular complexity index is 508. The van der Waals surface area contributed by atoms with Crippen molar-refractivity contribution in [1.29, 1.82) is 0 Å². The minimum Gasteiger partial charge on any atom is -0.506 e. The Labute approximate surface area is 99.4 Å². The molecule has 2 rings (SSSR count). The third-order valence-electron chi connectivity index (χ3n) is 2.45. The number of hydrogen-bond acceptors (Lipinski definition) is 4. The highest BCUT2D eigenvalue weighted by molar-refractivity contribution is 5.61. The minimum atomic E-state index is 0.0453. The van der Waals surface area contributed by atoms with Crippen molar-refractivity contribution >= 4 is 5.69 Å². The number of ether oxygens (including phenoxy) is 1. The second-order valence-electron chi connectivity index (χ2n) is 3.81. The van der Waals surface area contributed by atoms with E-state index in [0.29, 0.717) is 12.4 Å². The summed E-state index contributed by atoms with van der Waals surface area (Å²) in [5.41, 5.74) is 7.05. The van der Waals surface area contributed by atoms with Gasteiger partial charge in [-0.3, -0.25) is 4.68 Å². The van der Waals surface area contributed by atoms with Gasteiger partial charge in [0, 0.05) is 19.7 Å². The van der Waals surface area contributed by atoms with E-state index in [2.05, 4.69) is 5.10 Å². The molecule has 3 N–H and O–H groups in total. The number of aromatic nitrogens is 2. The highest BCUT2D eigenvalue weighted by Crippen LogP contribution is 2.29. The predicted molar refractivity (Wildman–Crippen MR) is 64.9 cm³/mol. The van der Waals surface area contributed by atoms with Gasteiger partial charge < -0.3 is 15.6 Å². The fourth-order valence-electron chi connectivity index (χ4n) is 1.54. The van der Waals surface area contributed by atoms with Gasteiger partial charge in [0.25, 0.3) is 0 Å². The molecule has 5 heteroatoms. The molecule has 0 aliphatic rings. The lowest BCUT2D eigenvalue weighted by molar-refractivity contribution is 0.322. The molecule has 1 heterocycles. The Morgan fingerprint density at radius 2 is 2.29 bits per heavy atom. The van der Waals surface area contributed by atoms with E-state index in [1.807, 2.05) is 13.2 Å². The molecule has 0 spiro atoms. The van der Waals surface area contributed by atoms with Crippen LogP contribution in [0.15, 0.2) is 30.6 Å². The molecule has 0 amide bonds. The summed E-state index contributed by atoms with van der Waals surface area (Å²) in [6.07, 6.45) is 4.49. The number of anilines is 1. The molecule has 0 saturated heterocycles. The average molecular weight is 233 g/mol. The summed E-state index contributed by atoms with van der Waals surface area (Å²) in [6, 6.07) is 4.96. The highest BCUT2D eigenvalue weighted by atomic mass is 16.5. The van der Waals surface area contributed by atoms with Crippen LogP contribution in [0.1, 0.15) is 5.56 Å². The maximum atomic E-state index is 9.40. The first-order valence-corrected chi connectivity index (χ1v) is 5.34. The number of phenols is 1. The van der Waals surface area contributed by atoms with E-state index < -0.39 is 0 Å². The molecule has 0 bridgehead atoms. The fourth-order valence-corrected chi connectivity index (χ4v) is 1.54. The summed E-state index contributed by atoms with van der Waals surface area (Å²) < 4.78 is 7.26. The van der Waals surface area contributed by atoms with Crippen LogP contribution >= 0.6 is 0 Å². The fraction of sp³-hybridized carbons (Fsp3) is 0.250. The van der Waals surface area contributed by atoms with Gasteiger partial charge in [-0.15, -0.1) is 0 Å². The zero-order chi connectivity index (χ0) is 12.3. The van der Waals surface area contributed by atoms with Crippen LogP contribution in [0.2, 0.25) is 0 Å². The van der Waals surface area contributed by atoms with Crippen molar-refractivity contribution in [2.45, 2.75) is 6.42 Å². The number of nitrogens with zero attached hydrogens (tertiary/aromatic N) is 2. The maximum absolute atomic E-state index is 9.40. The summed E-state index contributed by atoms with van der Waals surface area (Å²) in [4.78, 5) is 0. The minimum absolute atomic E-state index is 0.0453. The molecule has 0 saturated carbocycles. The van der Waals surface area contributed by atoms with E-state index in [0.717, 1.165) is 12.0 Å². The zero-order valence-electron chi connectivity index (χ0n) is 9.63. The van der Waals surface area contributed by atoms with Gasteiger partial charge in [0.1, 0.15) is 17.2 Å². The van der Waals surface area contributed by atoms with Crippen LogP contribution in [-0.2, 0) is 13.5 Å². The second kappa shape index (κ2) is 4.78. The second-order valence-corrected chi connectivity index (χ2v) is 3.81. The smallest absolute Gasteiger partial charge is 0.146 e. The largest absolute Gasteiger partial charge is 0.506 e. The number of benzene rings is 1. The van der Waals surface area contributed by atoms with E-state index >= 15 is 0 Å². The molecule has 0 radical (unpaired) electrons. The van der Waals surface area contributed by atoms with E-state index in [1.54, 1.807) is 23.0 Å². The SMILES string of the molecule is Cn1cc(CCOc2cccc(O)c2N)cn1. The van der Waals surface area contributed by atoms with Crippen molar-refractivity contribution in [3.8, 4) is 11.5 Å². The van der Waals surface area contributed by atoms with Crippen molar-refractivity contribution in [3.05, 3.63) is 36.2 Å². The van der Waals surface area contributed by atoms with Crippen LogP contribution < -0.4 is 10.5 Å². The van der Waals surface area contributed by atoms with Crippen molar-refractivity contribution in [2.24, 2.45) is 7.05 Å². The first-order chi connectivity index (χ1) is 8.16. The first kappa shape index (κ1) is 11.3. The number of para-hydroxylation sites is 1. The molecule has 0 fully saturated rings. The van der Waals surface area contributed by atoms with Crippen molar-refractivity contribution in [3.63, 3.8) is 0 Å². The van der Waals surface area contributed by atoms with Crippen molar-refractivity contribution < 1.29 is 9.84 Å². The molecular formula is C12H15N3O2. The maximum Gasteiger partial charge on any atom is 0.146 e. The van der Waals surface area contributed by atoms with Crippen LogP contribution in [0, 0.1) is 0 Å².